The van der Waals surface area contributed by atoms with E-state index in [4.69, 9.17) is 11.6 Å². The minimum Gasteiger partial charge on any atom is -0.342 e. The van der Waals surface area contributed by atoms with Crippen LogP contribution in [-0.2, 0) is 11.3 Å². The average molecular weight is 407 g/mol. The summed E-state index contributed by atoms with van der Waals surface area (Å²) in [4.78, 5) is 29.1. The van der Waals surface area contributed by atoms with Crippen LogP contribution in [0.1, 0.15) is 38.2 Å². The number of hydrogen-bond donors (Lipinski definition) is 2. The van der Waals surface area contributed by atoms with Gasteiger partial charge in [0, 0.05) is 43.2 Å². The maximum atomic E-state index is 12.7. The summed E-state index contributed by atoms with van der Waals surface area (Å²) in [5.41, 5.74) is 1.06. The van der Waals surface area contributed by atoms with Crippen molar-refractivity contribution in [3.8, 4) is 0 Å². The highest BCUT2D eigenvalue weighted by Crippen LogP contribution is 2.19. The molecule has 2 heterocycles. The van der Waals surface area contributed by atoms with E-state index < -0.39 is 0 Å². The highest BCUT2D eigenvalue weighted by molar-refractivity contribution is 6.30. The summed E-state index contributed by atoms with van der Waals surface area (Å²) in [6.07, 6.45) is 3.51. The molecule has 28 heavy (non-hydrogen) atoms. The SMILES string of the molecule is CCN(Cc1ccc(Cl)cc1)C(=O)NC1CCN(C(=O)C2CCNCC2)CC1. The molecule has 2 aliphatic rings. The predicted octanol–water partition coefficient (Wildman–Crippen LogP) is 2.86. The van der Waals surface area contributed by atoms with Crippen LogP contribution in [-0.4, -0.2) is 60.5 Å². The first-order chi connectivity index (χ1) is 13.6. The van der Waals surface area contributed by atoms with Gasteiger partial charge < -0.3 is 20.4 Å². The van der Waals surface area contributed by atoms with Gasteiger partial charge in [-0.25, -0.2) is 4.79 Å². The predicted molar refractivity (Wildman–Crippen MR) is 111 cm³/mol. The van der Waals surface area contributed by atoms with E-state index in [2.05, 4.69) is 10.6 Å². The van der Waals surface area contributed by atoms with Crippen molar-refractivity contribution in [2.75, 3.05) is 32.7 Å². The number of halogens is 1. The maximum absolute atomic E-state index is 12.7. The summed E-state index contributed by atoms with van der Waals surface area (Å²) in [7, 11) is 0. The topological polar surface area (TPSA) is 64.7 Å². The molecule has 0 atom stereocenters. The van der Waals surface area contributed by atoms with Gasteiger partial charge in [0.2, 0.25) is 5.91 Å². The molecule has 3 amide bonds. The van der Waals surface area contributed by atoms with Gasteiger partial charge in [-0.05, 0) is 63.4 Å². The Morgan fingerprint density at radius 3 is 2.39 bits per heavy atom. The first-order valence-corrected chi connectivity index (χ1v) is 10.7. The van der Waals surface area contributed by atoms with Gasteiger partial charge in [-0.3, -0.25) is 4.79 Å². The zero-order valence-electron chi connectivity index (χ0n) is 16.6. The number of likely N-dealkylation sites (tertiary alicyclic amines) is 1. The fourth-order valence-electron chi connectivity index (χ4n) is 3.97. The fourth-order valence-corrected chi connectivity index (χ4v) is 4.10. The van der Waals surface area contributed by atoms with E-state index in [-0.39, 0.29) is 18.0 Å². The van der Waals surface area contributed by atoms with Crippen molar-refractivity contribution >= 4 is 23.5 Å². The van der Waals surface area contributed by atoms with Crippen LogP contribution in [0, 0.1) is 5.92 Å². The van der Waals surface area contributed by atoms with Crippen LogP contribution in [0.5, 0.6) is 0 Å². The molecule has 0 radical (unpaired) electrons. The lowest BCUT2D eigenvalue weighted by Gasteiger charge is -2.36. The number of amides is 3. The molecule has 6 nitrogen and oxygen atoms in total. The monoisotopic (exact) mass is 406 g/mol. The molecule has 2 N–H and O–H groups in total. The van der Waals surface area contributed by atoms with Crippen molar-refractivity contribution in [3.63, 3.8) is 0 Å². The second-order valence-corrected chi connectivity index (χ2v) is 8.15. The molecule has 1 aromatic rings. The van der Waals surface area contributed by atoms with Crippen molar-refractivity contribution in [3.05, 3.63) is 34.9 Å². The molecule has 0 spiro atoms. The van der Waals surface area contributed by atoms with Crippen molar-refractivity contribution in [1.29, 1.82) is 0 Å². The normalized spacial score (nSPS) is 18.7. The molecule has 154 valence electrons. The number of carbonyl (C=O) groups excluding carboxylic acids is 2. The highest BCUT2D eigenvalue weighted by Gasteiger charge is 2.30. The fraction of sp³-hybridized carbons (Fsp3) is 0.619. The molecule has 2 saturated heterocycles. The molecule has 7 heteroatoms. The Balaban J connectivity index is 1.45. The van der Waals surface area contributed by atoms with E-state index in [1.165, 1.54) is 0 Å². The zero-order valence-corrected chi connectivity index (χ0v) is 17.4. The van der Waals surface area contributed by atoms with Crippen molar-refractivity contribution in [2.45, 2.75) is 45.2 Å². The van der Waals surface area contributed by atoms with Gasteiger partial charge in [0.25, 0.3) is 0 Å². The van der Waals surface area contributed by atoms with E-state index in [0.29, 0.717) is 24.0 Å². The molecule has 0 aromatic heterocycles. The second-order valence-electron chi connectivity index (χ2n) is 7.71. The molecular weight excluding hydrogens is 376 g/mol. The Labute approximate surface area is 172 Å². The van der Waals surface area contributed by atoms with Gasteiger partial charge in [0.1, 0.15) is 0 Å². The van der Waals surface area contributed by atoms with Crippen LogP contribution < -0.4 is 10.6 Å². The average Bonchev–Trinajstić information content (AvgIpc) is 2.74. The molecule has 3 rings (SSSR count). The van der Waals surface area contributed by atoms with Gasteiger partial charge in [0.15, 0.2) is 0 Å². The van der Waals surface area contributed by atoms with Crippen LogP contribution in [0.2, 0.25) is 5.02 Å². The van der Waals surface area contributed by atoms with Crippen molar-refractivity contribution in [1.82, 2.24) is 20.4 Å². The Morgan fingerprint density at radius 1 is 1.14 bits per heavy atom. The van der Waals surface area contributed by atoms with E-state index in [9.17, 15) is 9.59 Å². The zero-order chi connectivity index (χ0) is 19.9. The number of hydrogen-bond acceptors (Lipinski definition) is 3. The van der Waals surface area contributed by atoms with Gasteiger partial charge >= 0.3 is 6.03 Å². The van der Waals surface area contributed by atoms with Crippen LogP contribution in [0.3, 0.4) is 0 Å². The number of carbonyl (C=O) groups is 2. The molecule has 0 unspecified atom stereocenters. The van der Waals surface area contributed by atoms with E-state index in [1.807, 2.05) is 36.1 Å². The maximum Gasteiger partial charge on any atom is 0.317 e. The smallest absolute Gasteiger partial charge is 0.317 e. The van der Waals surface area contributed by atoms with Crippen LogP contribution in [0.4, 0.5) is 4.79 Å². The van der Waals surface area contributed by atoms with Crippen molar-refractivity contribution in [2.24, 2.45) is 5.92 Å². The van der Waals surface area contributed by atoms with E-state index in [1.54, 1.807) is 4.90 Å². The lowest BCUT2D eigenvalue weighted by molar-refractivity contribution is -0.137. The van der Waals surface area contributed by atoms with Crippen molar-refractivity contribution < 1.29 is 9.59 Å². The third kappa shape index (κ3) is 5.61. The van der Waals surface area contributed by atoms with Gasteiger partial charge in [-0.2, -0.15) is 0 Å². The molecule has 0 aliphatic carbocycles. The second kappa shape index (κ2) is 10.1. The molecular formula is C21H31ClN4O2. The molecule has 0 saturated carbocycles. The summed E-state index contributed by atoms with van der Waals surface area (Å²) >= 11 is 5.93. The Hall–Kier alpha value is -1.79. The van der Waals surface area contributed by atoms with E-state index >= 15 is 0 Å². The third-order valence-corrected chi connectivity index (χ3v) is 6.03. The van der Waals surface area contributed by atoms with Crippen LogP contribution in [0.15, 0.2) is 24.3 Å². The number of piperidine rings is 2. The standard InChI is InChI=1S/C21H31ClN4O2/c1-2-25(15-16-3-5-18(22)6-4-16)21(28)24-19-9-13-26(14-10-19)20(27)17-7-11-23-12-8-17/h3-6,17,19,23H,2,7-15H2,1H3,(H,24,28). The van der Waals surface area contributed by atoms with Gasteiger partial charge in [-0.1, -0.05) is 23.7 Å². The molecule has 1 aromatic carbocycles. The summed E-state index contributed by atoms with van der Waals surface area (Å²) in [5, 5.41) is 7.16. The van der Waals surface area contributed by atoms with Crippen LogP contribution >= 0.6 is 11.6 Å². The Bertz CT molecular complexity index is 653. The summed E-state index contributed by atoms with van der Waals surface area (Å²) in [5.74, 6) is 0.464. The number of nitrogens with zero attached hydrogens (tertiary/aromatic N) is 2. The Morgan fingerprint density at radius 2 is 1.79 bits per heavy atom. The third-order valence-electron chi connectivity index (χ3n) is 5.78. The van der Waals surface area contributed by atoms with Gasteiger partial charge in [-0.15, -0.1) is 0 Å². The minimum absolute atomic E-state index is 0.0411. The lowest BCUT2D eigenvalue weighted by atomic mass is 9.95. The first-order valence-electron chi connectivity index (χ1n) is 10.4. The highest BCUT2D eigenvalue weighted by atomic mass is 35.5. The number of benzene rings is 1. The summed E-state index contributed by atoms with van der Waals surface area (Å²) in [6.45, 7) is 6.52. The first kappa shape index (κ1) is 20.9. The van der Waals surface area contributed by atoms with E-state index in [0.717, 1.165) is 57.4 Å². The Kier molecular flexibility index (Phi) is 7.57. The lowest BCUT2D eigenvalue weighted by Crippen LogP contribution is -2.51. The number of urea groups is 1. The number of rotatable bonds is 5. The summed E-state index contributed by atoms with van der Waals surface area (Å²) in [6, 6.07) is 7.67. The largest absolute Gasteiger partial charge is 0.342 e. The minimum atomic E-state index is -0.0411. The molecule has 2 aliphatic heterocycles. The number of nitrogens with one attached hydrogen (secondary N) is 2. The molecule has 0 bridgehead atoms. The quantitative estimate of drug-likeness (QED) is 0.790. The van der Waals surface area contributed by atoms with Crippen LogP contribution in [0.25, 0.3) is 0 Å². The molecule has 2 fully saturated rings. The van der Waals surface area contributed by atoms with Gasteiger partial charge in [0.05, 0.1) is 0 Å². The summed E-state index contributed by atoms with van der Waals surface area (Å²) < 4.78 is 0.